The molecule has 2 rings (SSSR count). The van der Waals surface area contributed by atoms with Crippen molar-refractivity contribution in [2.75, 3.05) is 7.11 Å². The fourth-order valence-electron chi connectivity index (χ4n) is 1.95. The van der Waals surface area contributed by atoms with Gasteiger partial charge in [0.25, 0.3) is 0 Å². The molecule has 1 aromatic heterocycles. The molecule has 0 aliphatic carbocycles. The number of benzene rings is 1. The zero-order valence-electron chi connectivity index (χ0n) is 9.20. The first kappa shape index (κ1) is 10.5. The maximum absolute atomic E-state index is 10.7. The van der Waals surface area contributed by atoms with Gasteiger partial charge in [-0.2, -0.15) is 0 Å². The van der Waals surface area contributed by atoms with Gasteiger partial charge in [-0.3, -0.25) is 4.79 Å². The van der Waals surface area contributed by atoms with E-state index < -0.39 is 5.97 Å². The third-order valence-corrected chi connectivity index (χ3v) is 2.65. The molecule has 0 fully saturated rings. The molecule has 0 radical (unpaired) electrons. The number of carboxylic acid groups (broad SMARTS) is 1. The number of H-pyrrole nitrogens is 1. The van der Waals surface area contributed by atoms with Crippen LogP contribution < -0.4 is 4.74 Å². The second-order valence-electron chi connectivity index (χ2n) is 3.72. The summed E-state index contributed by atoms with van der Waals surface area (Å²) in [6.45, 7) is 1.96. The van der Waals surface area contributed by atoms with E-state index in [0.29, 0.717) is 0 Å². The Hall–Kier alpha value is -1.97. The number of fused-ring (bicyclic) bond motifs is 1. The van der Waals surface area contributed by atoms with Gasteiger partial charge in [0.1, 0.15) is 5.75 Å². The highest BCUT2D eigenvalue weighted by atomic mass is 16.5. The van der Waals surface area contributed by atoms with E-state index in [4.69, 9.17) is 9.84 Å². The van der Waals surface area contributed by atoms with Gasteiger partial charge in [-0.1, -0.05) is 6.07 Å². The van der Waals surface area contributed by atoms with E-state index in [0.717, 1.165) is 27.8 Å². The van der Waals surface area contributed by atoms with E-state index >= 15 is 0 Å². The molecule has 0 saturated carbocycles. The van der Waals surface area contributed by atoms with Gasteiger partial charge in [0, 0.05) is 11.6 Å². The van der Waals surface area contributed by atoms with E-state index in [9.17, 15) is 4.79 Å². The predicted octanol–water partition coefficient (Wildman–Crippen LogP) is 2.11. The minimum Gasteiger partial charge on any atom is -0.495 e. The number of aromatic amines is 1. The van der Waals surface area contributed by atoms with Crippen molar-refractivity contribution in [3.05, 3.63) is 29.5 Å². The number of hydrogen-bond acceptors (Lipinski definition) is 2. The molecule has 0 amide bonds. The number of methoxy groups -OCH3 is 1. The van der Waals surface area contributed by atoms with Crippen molar-refractivity contribution in [3.8, 4) is 5.75 Å². The molecule has 0 bridgehead atoms. The van der Waals surface area contributed by atoms with Crippen LogP contribution in [0.25, 0.3) is 10.9 Å². The summed E-state index contributed by atoms with van der Waals surface area (Å²) in [5.74, 6) is -0.0969. The molecule has 1 heterocycles. The normalized spacial score (nSPS) is 10.6. The SMILES string of the molecule is COc1ccc(C)c2c(CC(=O)O)c[nH]c12. The molecule has 0 atom stereocenters. The maximum atomic E-state index is 10.7. The van der Waals surface area contributed by atoms with Gasteiger partial charge in [0.2, 0.25) is 0 Å². The summed E-state index contributed by atoms with van der Waals surface area (Å²) in [6, 6.07) is 3.80. The fraction of sp³-hybridized carbons (Fsp3) is 0.250. The highest BCUT2D eigenvalue weighted by Crippen LogP contribution is 2.30. The highest BCUT2D eigenvalue weighted by molar-refractivity contribution is 5.93. The molecule has 0 aliphatic heterocycles. The third-order valence-electron chi connectivity index (χ3n) is 2.65. The van der Waals surface area contributed by atoms with E-state index in [-0.39, 0.29) is 6.42 Å². The lowest BCUT2D eigenvalue weighted by molar-refractivity contribution is -0.136. The van der Waals surface area contributed by atoms with Crippen LogP contribution >= 0.6 is 0 Å². The van der Waals surface area contributed by atoms with E-state index in [2.05, 4.69) is 4.98 Å². The van der Waals surface area contributed by atoms with Crippen LogP contribution in [0.4, 0.5) is 0 Å². The molecule has 0 aliphatic rings. The van der Waals surface area contributed by atoms with Crippen molar-refractivity contribution in [2.45, 2.75) is 13.3 Å². The zero-order chi connectivity index (χ0) is 11.7. The smallest absolute Gasteiger partial charge is 0.307 e. The average molecular weight is 219 g/mol. The highest BCUT2D eigenvalue weighted by Gasteiger charge is 2.12. The van der Waals surface area contributed by atoms with Gasteiger partial charge in [-0.15, -0.1) is 0 Å². The van der Waals surface area contributed by atoms with Gasteiger partial charge in [0.05, 0.1) is 19.0 Å². The number of hydrogen-bond donors (Lipinski definition) is 2. The van der Waals surface area contributed by atoms with Crippen molar-refractivity contribution in [1.82, 2.24) is 4.98 Å². The summed E-state index contributed by atoms with van der Waals surface area (Å²) >= 11 is 0. The number of aryl methyl sites for hydroxylation is 1. The largest absolute Gasteiger partial charge is 0.495 e. The minimum atomic E-state index is -0.830. The molecule has 0 spiro atoms. The van der Waals surface area contributed by atoms with Crippen LogP contribution in [-0.2, 0) is 11.2 Å². The molecule has 4 heteroatoms. The quantitative estimate of drug-likeness (QED) is 0.831. The Morgan fingerprint density at radius 2 is 2.25 bits per heavy atom. The molecule has 84 valence electrons. The van der Waals surface area contributed by atoms with E-state index in [1.807, 2.05) is 19.1 Å². The Balaban J connectivity index is 2.65. The second kappa shape index (κ2) is 3.89. The molecule has 1 aromatic carbocycles. The molecule has 16 heavy (non-hydrogen) atoms. The maximum Gasteiger partial charge on any atom is 0.307 e. The fourth-order valence-corrected chi connectivity index (χ4v) is 1.95. The first-order valence-electron chi connectivity index (χ1n) is 4.99. The molecule has 0 saturated heterocycles. The average Bonchev–Trinajstić information content (AvgIpc) is 2.63. The van der Waals surface area contributed by atoms with Crippen LogP contribution in [0.3, 0.4) is 0 Å². The Morgan fingerprint density at radius 1 is 1.50 bits per heavy atom. The first-order chi connectivity index (χ1) is 7.63. The van der Waals surface area contributed by atoms with Crippen molar-refractivity contribution in [1.29, 1.82) is 0 Å². The summed E-state index contributed by atoms with van der Waals surface area (Å²) in [7, 11) is 1.60. The van der Waals surface area contributed by atoms with E-state index in [1.165, 1.54) is 0 Å². The van der Waals surface area contributed by atoms with Crippen LogP contribution in [0.2, 0.25) is 0 Å². The van der Waals surface area contributed by atoms with Crippen LogP contribution in [-0.4, -0.2) is 23.2 Å². The Labute approximate surface area is 92.9 Å². The van der Waals surface area contributed by atoms with Crippen molar-refractivity contribution in [3.63, 3.8) is 0 Å². The van der Waals surface area contributed by atoms with Gasteiger partial charge in [-0.05, 0) is 24.1 Å². The number of aliphatic carboxylic acids is 1. The van der Waals surface area contributed by atoms with Crippen molar-refractivity contribution in [2.24, 2.45) is 0 Å². The standard InChI is InChI=1S/C12H13NO3/c1-7-3-4-9(16-2)12-11(7)8(6-13-12)5-10(14)15/h3-4,6,13H,5H2,1-2H3,(H,14,15). The number of carbonyl (C=O) groups is 1. The first-order valence-corrected chi connectivity index (χ1v) is 4.99. The van der Waals surface area contributed by atoms with Crippen LogP contribution in [0.5, 0.6) is 5.75 Å². The molecule has 4 nitrogen and oxygen atoms in total. The molecule has 2 N–H and O–H groups in total. The number of carboxylic acids is 1. The molecule has 0 unspecified atom stereocenters. The summed E-state index contributed by atoms with van der Waals surface area (Å²) in [5.41, 5.74) is 2.70. The third kappa shape index (κ3) is 1.62. The second-order valence-corrected chi connectivity index (χ2v) is 3.72. The van der Waals surface area contributed by atoms with Crippen molar-refractivity contribution >= 4 is 16.9 Å². The van der Waals surface area contributed by atoms with E-state index in [1.54, 1.807) is 13.3 Å². The van der Waals surface area contributed by atoms with Crippen LogP contribution in [0.1, 0.15) is 11.1 Å². The lowest BCUT2D eigenvalue weighted by atomic mass is 10.1. The lowest BCUT2D eigenvalue weighted by Crippen LogP contribution is -1.99. The monoisotopic (exact) mass is 219 g/mol. The van der Waals surface area contributed by atoms with Gasteiger partial charge in [-0.25, -0.2) is 0 Å². The Morgan fingerprint density at radius 3 is 2.88 bits per heavy atom. The zero-order valence-corrected chi connectivity index (χ0v) is 9.20. The van der Waals surface area contributed by atoms with Gasteiger partial charge in [0.15, 0.2) is 0 Å². The van der Waals surface area contributed by atoms with Crippen LogP contribution in [0, 0.1) is 6.92 Å². The number of rotatable bonds is 3. The number of aromatic nitrogens is 1. The van der Waals surface area contributed by atoms with Gasteiger partial charge >= 0.3 is 5.97 Å². The minimum absolute atomic E-state index is 0.0218. The summed E-state index contributed by atoms with van der Waals surface area (Å²) in [4.78, 5) is 13.8. The van der Waals surface area contributed by atoms with Crippen LogP contribution in [0.15, 0.2) is 18.3 Å². The number of nitrogens with one attached hydrogen (secondary N) is 1. The van der Waals surface area contributed by atoms with Crippen molar-refractivity contribution < 1.29 is 14.6 Å². The summed E-state index contributed by atoms with van der Waals surface area (Å²) in [5, 5.41) is 9.76. The summed E-state index contributed by atoms with van der Waals surface area (Å²) in [6.07, 6.45) is 1.75. The Kier molecular flexibility index (Phi) is 2.56. The predicted molar refractivity (Wildman–Crippen MR) is 60.9 cm³/mol. The lowest BCUT2D eigenvalue weighted by Gasteiger charge is -2.04. The topological polar surface area (TPSA) is 62.3 Å². The summed E-state index contributed by atoms with van der Waals surface area (Å²) < 4.78 is 5.22. The molecular formula is C12H13NO3. The molecular weight excluding hydrogens is 206 g/mol. The molecule has 2 aromatic rings. The van der Waals surface area contributed by atoms with Gasteiger partial charge < -0.3 is 14.8 Å². The Bertz CT molecular complexity index is 542. The number of ether oxygens (including phenoxy) is 1.